The first-order valence-corrected chi connectivity index (χ1v) is 10.7. The molecule has 2 aliphatic rings. The van der Waals surface area contributed by atoms with Gasteiger partial charge in [0.15, 0.2) is 0 Å². The summed E-state index contributed by atoms with van der Waals surface area (Å²) in [4.78, 5) is 0. The predicted molar refractivity (Wildman–Crippen MR) is 130 cm³/mol. The SMILES string of the molecule is C=c1c(C2=CC=CC2)c2c(c(-c3ccccc3)c1-c1ccccc1)=c1ccccc1=[C]2. The zero-order valence-electron chi connectivity index (χ0n) is 17.2. The van der Waals surface area contributed by atoms with Crippen molar-refractivity contribution in [2.45, 2.75) is 6.42 Å². The summed E-state index contributed by atoms with van der Waals surface area (Å²) < 4.78 is 0. The van der Waals surface area contributed by atoms with E-state index in [0.29, 0.717) is 0 Å². The highest BCUT2D eigenvalue weighted by molar-refractivity contribution is 5.92. The van der Waals surface area contributed by atoms with Crippen LogP contribution in [0.4, 0.5) is 0 Å². The Kier molecular flexibility index (Phi) is 4.11. The lowest BCUT2D eigenvalue weighted by molar-refractivity contribution is 1.37. The molecule has 0 N–H and O–H groups in total. The molecule has 0 heteroatoms. The van der Waals surface area contributed by atoms with E-state index in [1.807, 2.05) is 0 Å². The third-order valence-electron chi connectivity index (χ3n) is 6.28. The number of hydrogen-bond acceptors (Lipinski definition) is 0. The molecule has 0 amide bonds. The van der Waals surface area contributed by atoms with Gasteiger partial charge >= 0.3 is 0 Å². The van der Waals surface area contributed by atoms with Gasteiger partial charge < -0.3 is 0 Å². The van der Waals surface area contributed by atoms with Gasteiger partial charge in [-0.05, 0) is 72.3 Å². The fraction of sp³-hybridized carbons (Fsp3) is 0.0323. The Morgan fingerprint density at radius 3 is 2.00 bits per heavy atom. The third-order valence-corrected chi connectivity index (χ3v) is 6.28. The second-order valence-electron chi connectivity index (χ2n) is 8.08. The van der Waals surface area contributed by atoms with Crippen LogP contribution in [0.25, 0.3) is 40.5 Å². The molecule has 0 aromatic heterocycles. The zero-order valence-corrected chi connectivity index (χ0v) is 17.2. The van der Waals surface area contributed by atoms with E-state index in [-0.39, 0.29) is 0 Å². The molecular weight excluding hydrogens is 372 g/mol. The average Bonchev–Trinajstić information content (AvgIpc) is 3.48. The molecule has 0 spiro atoms. The molecule has 0 saturated heterocycles. The van der Waals surface area contributed by atoms with Crippen molar-refractivity contribution < 1.29 is 0 Å². The number of fused-ring (bicyclic) bond motifs is 2. The van der Waals surface area contributed by atoms with Crippen molar-refractivity contribution in [3.05, 3.63) is 135 Å². The minimum absolute atomic E-state index is 0.936. The molecule has 4 aromatic rings. The van der Waals surface area contributed by atoms with Crippen LogP contribution >= 0.6 is 0 Å². The maximum Gasteiger partial charge on any atom is -0.000451 e. The maximum absolute atomic E-state index is 4.66. The fourth-order valence-electron chi connectivity index (χ4n) is 4.94. The van der Waals surface area contributed by atoms with Gasteiger partial charge in [-0.2, -0.15) is 0 Å². The highest BCUT2D eigenvalue weighted by Crippen LogP contribution is 2.37. The summed E-state index contributed by atoms with van der Waals surface area (Å²) in [5.41, 5.74) is 8.61. The summed E-state index contributed by atoms with van der Waals surface area (Å²) in [6.07, 6.45) is 11.3. The van der Waals surface area contributed by atoms with Crippen molar-refractivity contribution >= 4 is 18.2 Å². The van der Waals surface area contributed by atoms with E-state index in [4.69, 9.17) is 0 Å². The first-order valence-electron chi connectivity index (χ1n) is 10.7. The quantitative estimate of drug-likeness (QED) is 0.348. The van der Waals surface area contributed by atoms with Crippen molar-refractivity contribution in [3.8, 4) is 22.3 Å². The normalized spacial score (nSPS) is 13.5. The highest BCUT2D eigenvalue weighted by atomic mass is 14.2. The molecule has 0 atom stereocenters. The summed E-state index contributed by atoms with van der Waals surface area (Å²) in [5, 5.41) is 4.77. The Balaban J connectivity index is 1.90. The first kappa shape index (κ1) is 17.9. The van der Waals surface area contributed by atoms with Gasteiger partial charge in [0.2, 0.25) is 0 Å². The highest BCUT2D eigenvalue weighted by Gasteiger charge is 2.22. The van der Waals surface area contributed by atoms with E-state index in [9.17, 15) is 0 Å². The second-order valence-corrected chi connectivity index (χ2v) is 8.08. The monoisotopic (exact) mass is 393 g/mol. The van der Waals surface area contributed by atoms with E-state index in [0.717, 1.165) is 16.9 Å². The summed E-state index contributed by atoms with van der Waals surface area (Å²) in [5.74, 6) is 0. The van der Waals surface area contributed by atoms with Gasteiger partial charge in [0, 0.05) is 0 Å². The Morgan fingerprint density at radius 2 is 1.32 bits per heavy atom. The molecule has 0 aliphatic heterocycles. The first-order chi connectivity index (χ1) is 15.3. The molecule has 0 saturated carbocycles. The van der Waals surface area contributed by atoms with E-state index in [1.165, 1.54) is 49.4 Å². The topological polar surface area (TPSA) is 0 Å². The largest absolute Gasteiger partial charge is 0.0905 e. The molecule has 1 radical (unpaired) electrons. The van der Waals surface area contributed by atoms with Gasteiger partial charge in [-0.1, -0.05) is 110 Å². The van der Waals surface area contributed by atoms with Crippen LogP contribution in [-0.4, -0.2) is 0 Å². The lowest BCUT2D eigenvalue weighted by Crippen LogP contribution is -2.15. The van der Waals surface area contributed by atoms with Crippen molar-refractivity contribution in [3.63, 3.8) is 0 Å². The third kappa shape index (κ3) is 2.76. The number of benzene rings is 4. The maximum atomic E-state index is 4.66. The fourth-order valence-corrected chi connectivity index (χ4v) is 4.94. The summed E-state index contributed by atoms with van der Waals surface area (Å²) >= 11 is 0. The van der Waals surface area contributed by atoms with Crippen LogP contribution in [0, 0.1) is 10.4 Å². The molecule has 145 valence electrons. The van der Waals surface area contributed by atoms with Gasteiger partial charge in [0.25, 0.3) is 0 Å². The lowest BCUT2D eigenvalue weighted by Gasteiger charge is -2.19. The Hall–Kier alpha value is -3.90. The molecule has 0 heterocycles. The van der Waals surface area contributed by atoms with Gasteiger partial charge in [0.1, 0.15) is 0 Å². The van der Waals surface area contributed by atoms with Crippen LogP contribution in [0.1, 0.15) is 17.5 Å². The van der Waals surface area contributed by atoms with Crippen LogP contribution in [0.2, 0.25) is 0 Å². The Morgan fingerprint density at radius 1 is 0.677 bits per heavy atom. The molecule has 6 rings (SSSR count). The van der Waals surface area contributed by atoms with Crippen molar-refractivity contribution in [2.75, 3.05) is 0 Å². The smallest absolute Gasteiger partial charge is 0.000451 e. The second kappa shape index (κ2) is 7.11. The number of allylic oxidation sites excluding steroid dienone is 4. The Labute approximate surface area is 182 Å². The van der Waals surface area contributed by atoms with Gasteiger partial charge in [-0.15, -0.1) is 0 Å². The number of rotatable bonds is 3. The summed E-state index contributed by atoms with van der Waals surface area (Å²) in [6, 6.07) is 30.0. The minimum atomic E-state index is 0.936. The van der Waals surface area contributed by atoms with Crippen molar-refractivity contribution in [1.82, 2.24) is 0 Å². The minimum Gasteiger partial charge on any atom is -0.0905 e. The zero-order chi connectivity index (χ0) is 20.8. The molecule has 2 aliphatic carbocycles. The summed E-state index contributed by atoms with van der Waals surface area (Å²) in [7, 11) is 0. The van der Waals surface area contributed by atoms with Gasteiger partial charge in [-0.25, -0.2) is 0 Å². The average molecular weight is 394 g/mol. The molecule has 0 fully saturated rings. The summed E-state index contributed by atoms with van der Waals surface area (Å²) in [6.45, 7) is 4.66. The molecule has 0 unspecified atom stereocenters. The predicted octanol–water partition coefficient (Wildman–Crippen LogP) is 6.08. The van der Waals surface area contributed by atoms with Crippen molar-refractivity contribution in [1.29, 1.82) is 0 Å². The van der Waals surface area contributed by atoms with E-state index in [2.05, 4.69) is 116 Å². The van der Waals surface area contributed by atoms with Crippen LogP contribution in [0.3, 0.4) is 0 Å². The number of hydrogen-bond donors (Lipinski definition) is 0. The van der Waals surface area contributed by atoms with E-state index in [1.54, 1.807) is 0 Å². The standard InChI is InChI=1S/C31H21/c1-21-28(22-16-8-9-17-22)27-20-25-18-10-11-19-26(25)31(27)30(24-14-6-3-7-15-24)29(21)23-12-4-2-5-13-23/h2-16,18-19H,1,17H2. The van der Waals surface area contributed by atoms with E-state index < -0.39 is 0 Å². The molecule has 0 nitrogen and oxygen atoms in total. The van der Waals surface area contributed by atoms with Gasteiger partial charge in [-0.3, -0.25) is 0 Å². The molecular formula is C31H21. The Bertz CT molecular complexity index is 1590. The lowest BCUT2D eigenvalue weighted by atomic mass is 9.84. The molecule has 4 aromatic carbocycles. The van der Waals surface area contributed by atoms with Crippen molar-refractivity contribution in [2.24, 2.45) is 0 Å². The molecule has 31 heavy (non-hydrogen) atoms. The molecule has 0 bridgehead atoms. The van der Waals surface area contributed by atoms with Gasteiger partial charge in [0.05, 0.1) is 0 Å². The van der Waals surface area contributed by atoms with Crippen LogP contribution in [0.15, 0.2) is 103 Å². The van der Waals surface area contributed by atoms with Crippen LogP contribution in [-0.2, 0) is 0 Å². The van der Waals surface area contributed by atoms with E-state index >= 15 is 0 Å². The van der Waals surface area contributed by atoms with Crippen LogP contribution in [0.5, 0.6) is 0 Å². The van der Waals surface area contributed by atoms with Crippen LogP contribution < -0.4 is 10.4 Å².